The highest BCUT2D eigenvalue weighted by atomic mass is 35.5. The summed E-state index contributed by atoms with van der Waals surface area (Å²) in [6.07, 6.45) is -4.86. The van der Waals surface area contributed by atoms with Gasteiger partial charge in [-0.2, -0.15) is 13.2 Å². The molecule has 6 nitrogen and oxygen atoms in total. The van der Waals surface area contributed by atoms with Crippen molar-refractivity contribution >= 4 is 33.3 Å². The van der Waals surface area contributed by atoms with Crippen molar-refractivity contribution in [3.8, 4) is 16.9 Å². The summed E-state index contributed by atoms with van der Waals surface area (Å²) in [5.74, 6) is -2.61. The number of carbonyl (C=O) groups excluding carboxylic acids is 1. The highest BCUT2D eigenvalue weighted by Crippen LogP contribution is 2.40. The van der Waals surface area contributed by atoms with E-state index in [-0.39, 0.29) is 29.7 Å². The zero-order valence-electron chi connectivity index (χ0n) is 16.9. The fraction of sp³-hybridized carbons (Fsp3) is 0.136. The Morgan fingerprint density at radius 1 is 1.03 bits per heavy atom. The normalized spacial score (nSPS) is 15.5. The van der Waals surface area contributed by atoms with E-state index in [4.69, 9.17) is 16.3 Å². The Morgan fingerprint density at radius 2 is 1.76 bits per heavy atom. The maximum atomic E-state index is 14.0. The Labute approximate surface area is 195 Å². The van der Waals surface area contributed by atoms with E-state index in [2.05, 4.69) is 0 Å². The number of esters is 1. The molecule has 3 aromatic rings. The van der Waals surface area contributed by atoms with E-state index in [0.29, 0.717) is 11.6 Å². The molecule has 3 aromatic carbocycles. The second-order valence-corrected chi connectivity index (χ2v) is 9.41. The molecule has 0 unspecified atom stereocenters. The van der Waals surface area contributed by atoms with Crippen LogP contribution in [0.4, 0.5) is 23.2 Å². The van der Waals surface area contributed by atoms with Crippen molar-refractivity contribution in [1.29, 1.82) is 0 Å². The van der Waals surface area contributed by atoms with Gasteiger partial charge in [0.2, 0.25) is 0 Å². The average molecular weight is 516 g/mol. The van der Waals surface area contributed by atoms with Crippen molar-refractivity contribution in [1.82, 2.24) is 0 Å². The summed E-state index contributed by atoms with van der Waals surface area (Å²) in [6.45, 7) is -0.205. The van der Waals surface area contributed by atoms with Gasteiger partial charge in [0.1, 0.15) is 10.7 Å². The number of halogens is 5. The number of hydrogen-bond acceptors (Lipinski definition) is 5. The molecule has 4 rings (SSSR count). The Kier molecular flexibility index (Phi) is 5.94. The second-order valence-electron chi connectivity index (χ2n) is 7.36. The molecular weight excluding hydrogens is 502 g/mol. The molecule has 0 saturated heterocycles. The van der Waals surface area contributed by atoms with E-state index in [0.717, 1.165) is 36.4 Å². The van der Waals surface area contributed by atoms with Gasteiger partial charge in [-0.1, -0.05) is 23.7 Å². The summed E-state index contributed by atoms with van der Waals surface area (Å²) in [5, 5.41) is 9.66. The number of anilines is 1. The molecule has 4 bridgehead atoms. The number of hydrogen-bond donors (Lipinski definition) is 2. The zero-order chi connectivity index (χ0) is 24.8. The van der Waals surface area contributed by atoms with E-state index in [1.54, 1.807) is 0 Å². The number of aromatic hydroxyl groups is 1. The first-order chi connectivity index (χ1) is 15.9. The zero-order valence-corrected chi connectivity index (χ0v) is 18.5. The SMILES string of the molecule is O=C1OCCc2ccc(F)cc2-c2ccc(C(F)(F)F)c(c2)NS(=O)(=O)c2cc1cc(Cl)c2O. The van der Waals surface area contributed by atoms with Gasteiger partial charge >= 0.3 is 12.1 Å². The van der Waals surface area contributed by atoms with Crippen LogP contribution in [0.3, 0.4) is 0 Å². The lowest BCUT2D eigenvalue weighted by molar-refractivity contribution is -0.136. The summed E-state index contributed by atoms with van der Waals surface area (Å²) < 4.78 is 87.9. The molecule has 1 aliphatic rings. The van der Waals surface area contributed by atoms with Crippen LogP contribution in [-0.2, 0) is 27.4 Å². The van der Waals surface area contributed by atoms with Crippen LogP contribution in [0.1, 0.15) is 21.5 Å². The quantitative estimate of drug-likeness (QED) is 0.309. The molecule has 0 aromatic heterocycles. The van der Waals surface area contributed by atoms with E-state index in [1.807, 2.05) is 4.72 Å². The number of sulfonamides is 1. The molecule has 1 heterocycles. The Bertz CT molecular complexity index is 1420. The van der Waals surface area contributed by atoms with Crippen LogP contribution in [0, 0.1) is 5.82 Å². The second kappa shape index (κ2) is 8.48. The van der Waals surface area contributed by atoms with E-state index in [9.17, 15) is 35.9 Å². The van der Waals surface area contributed by atoms with Crippen LogP contribution in [0.2, 0.25) is 5.02 Å². The van der Waals surface area contributed by atoms with Gasteiger partial charge in [0.05, 0.1) is 28.4 Å². The number of phenolic OH excluding ortho intramolecular Hbond substituents is 1. The van der Waals surface area contributed by atoms with Gasteiger partial charge < -0.3 is 9.84 Å². The maximum Gasteiger partial charge on any atom is 0.418 e. The number of phenols is 1. The summed E-state index contributed by atoms with van der Waals surface area (Å²) in [7, 11) is -4.88. The number of alkyl halides is 3. The third-order valence-corrected chi connectivity index (χ3v) is 6.78. The van der Waals surface area contributed by atoms with Gasteiger partial charge in [-0.25, -0.2) is 17.6 Å². The van der Waals surface area contributed by atoms with E-state index < -0.39 is 54.9 Å². The minimum absolute atomic E-state index is 0.0830. The molecule has 0 atom stereocenters. The van der Waals surface area contributed by atoms with Gasteiger partial charge in [0, 0.05) is 6.42 Å². The number of nitrogens with one attached hydrogen (secondary N) is 1. The summed E-state index contributed by atoms with van der Waals surface area (Å²) in [4.78, 5) is 11.5. The van der Waals surface area contributed by atoms with Crippen molar-refractivity contribution < 1.29 is 40.6 Å². The highest BCUT2D eigenvalue weighted by Gasteiger charge is 2.36. The Morgan fingerprint density at radius 3 is 2.47 bits per heavy atom. The van der Waals surface area contributed by atoms with Gasteiger partial charge in [-0.3, -0.25) is 4.72 Å². The first-order valence-corrected chi connectivity index (χ1v) is 11.5. The van der Waals surface area contributed by atoms with Crippen LogP contribution < -0.4 is 4.72 Å². The van der Waals surface area contributed by atoms with Gasteiger partial charge in [-0.15, -0.1) is 0 Å². The number of ether oxygens (including phenoxy) is 1. The molecule has 34 heavy (non-hydrogen) atoms. The van der Waals surface area contributed by atoms with Crippen LogP contribution >= 0.6 is 11.6 Å². The molecule has 0 aliphatic carbocycles. The molecule has 0 spiro atoms. The number of rotatable bonds is 0. The van der Waals surface area contributed by atoms with Crippen LogP contribution in [0.5, 0.6) is 5.75 Å². The first-order valence-electron chi connectivity index (χ1n) is 9.59. The lowest BCUT2D eigenvalue weighted by atomic mass is 9.96. The van der Waals surface area contributed by atoms with Crippen molar-refractivity contribution in [3.63, 3.8) is 0 Å². The molecule has 178 valence electrons. The third kappa shape index (κ3) is 4.53. The first kappa shape index (κ1) is 23.8. The average Bonchev–Trinajstić information content (AvgIpc) is 2.74. The smallest absolute Gasteiger partial charge is 0.418 e. The van der Waals surface area contributed by atoms with Crippen LogP contribution in [-0.4, -0.2) is 26.1 Å². The number of cyclic esters (lactones) is 1. The predicted octanol–water partition coefficient (Wildman–Crippen LogP) is 5.38. The Balaban J connectivity index is 2.00. The number of benzene rings is 3. The van der Waals surface area contributed by atoms with Crippen molar-refractivity contribution in [2.24, 2.45) is 0 Å². The standard InChI is InChI=1S/C22H14ClF4NO5S/c23-17-7-13-9-19(20(17)29)34(31,32)28-18-8-12(2-4-16(18)22(25,26)27)15-10-14(24)3-1-11(15)5-6-33-21(13)30/h1-4,7-10,28-29H,5-6H2. The van der Waals surface area contributed by atoms with Crippen molar-refractivity contribution in [3.05, 3.63) is 76.1 Å². The largest absolute Gasteiger partial charge is 0.505 e. The summed E-state index contributed by atoms with van der Waals surface area (Å²) in [5.41, 5.74) is -1.80. The fourth-order valence-electron chi connectivity index (χ4n) is 3.51. The molecule has 12 heteroatoms. The summed E-state index contributed by atoms with van der Waals surface area (Å²) in [6, 6.07) is 7.98. The molecule has 2 N–H and O–H groups in total. The van der Waals surface area contributed by atoms with Gasteiger partial charge in [0.25, 0.3) is 10.0 Å². The molecule has 0 saturated carbocycles. The molecule has 0 amide bonds. The molecular formula is C22H14ClF4NO5S. The van der Waals surface area contributed by atoms with Crippen molar-refractivity contribution in [2.75, 3.05) is 11.3 Å². The third-order valence-electron chi connectivity index (χ3n) is 5.11. The maximum absolute atomic E-state index is 14.0. The minimum Gasteiger partial charge on any atom is -0.505 e. The molecule has 1 aliphatic heterocycles. The van der Waals surface area contributed by atoms with Crippen LogP contribution in [0.15, 0.2) is 53.4 Å². The van der Waals surface area contributed by atoms with Crippen molar-refractivity contribution in [2.45, 2.75) is 17.5 Å². The number of fused-ring (bicyclic) bond motifs is 6. The highest BCUT2D eigenvalue weighted by molar-refractivity contribution is 7.92. The topological polar surface area (TPSA) is 92.7 Å². The Hall–Kier alpha value is -3.31. The van der Waals surface area contributed by atoms with Crippen LogP contribution in [0.25, 0.3) is 11.1 Å². The monoisotopic (exact) mass is 515 g/mol. The van der Waals surface area contributed by atoms with E-state index in [1.165, 1.54) is 6.07 Å². The summed E-state index contributed by atoms with van der Waals surface area (Å²) >= 11 is 5.86. The minimum atomic E-state index is -4.95. The lowest BCUT2D eigenvalue weighted by Gasteiger charge is -2.19. The number of carbonyl (C=O) groups is 1. The lowest BCUT2D eigenvalue weighted by Crippen LogP contribution is -2.19. The molecule has 0 radical (unpaired) electrons. The van der Waals surface area contributed by atoms with E-state index >= 15 is 0 Å². The molecule has 0 fully saturated rings. The fourth-order valence-corrected chi connectivity index (χ4v) is 5.00. The van der Waals surface area contributed by atoms with Gasteiger partial charge in [-0.05, 0) is 53.1 Å². The predicted molar refractivity (Wildman–Crippen MR) is 115 cm³/mol. The van der Waals surface area contributed by atoms with Gasteiger partial charge in [0.15, 0.2) is 5.75 Å².